The minimum atomic E-state index is 0.557. The van der Waals surface area contributed by atoms with Crippen molar-refractivity contribution in [2.24, 2.45) is 5.73 Å². The van der Waals surface area contributed by atoms with E-state index in [1.807, 2.05) is 36.4 Å². The largest absolute Gasteiger partial charge is 0.490 e. The van der Waals surface area contributed by atoms with Crippen molar-refractivity contribution < 1.29 is 4.74 Å². The normalized spacial score (nSPS) is 10.6. The lowest BCUT2D eigenvalue weighted by molar-refractivity contribution is 0.362. The van der Waals surface area contributed by atoms with E-state index in [1.54, 1.807) is 0 Å². The van der Waals surface area contributed by atoms with Crippen molar-refractivity contribution in [1.82, 2.24) is 0 Å². The number of rotatable bonds is 4. The summed E-state index contributed by atoms with van der Waals surface area (Å²) in [6.45, 7) is 1.12. The summed E-state index contributed by atoms with van der Waals surface area (Å²) in [5, 5.41) is 0. The van der Waals surface area contributed by atoms with Crippen LogP contribution in [0, 0.1) is 0 Å². The van der Waals surface area contributed by atoms with Crippen molar-refractivity contribution in [3.8, 4) is 5.75 Å². The number of nitrogens with two attached hydrogens (primary N) is 1. The van der Waals surface area contributed by atoms with E-state index < -0.39 is 0 Å². The molecule has 0 radical (unpaired) electrons. The number of ether oxygens (including phenoxy) is 1. The van der Waals surface area contributed by atoms with Crippen LogP contribution < -0.4 is 10.5 Å². The molecule has 2 N–H and O–H groups in total. The highest BCUT2D eigenvalue weighted by molar-refractivity contribution is 9.10. The molecule has 0 heterocycles. The zero-order valence-corrected chi connectivity index (χ0v) is 8.83. The Balaban J connectivity index is 2.41. The van der Waals surface area contributed by atoms with Gasteiger partial charge in [-0.3, -0.25) is 0 Å². The molecule has 1 aromatic carbocycles. The summed E-state index contributed by atoms with van der Waals surface area (Å²) in [5.74, 6) is 0.857. The van der Waals surface area contributed by atoms with E-state index in [4.69, 9.17) is 10.5 Å². The fourth-order valence-electron chi connectivity index (χ4n) is 0.865. The third-order valence-corrected chi connectivity index (χ3v) is 1.94. The predicted octanol–water partition coefficient (Wildman–Crippen LogP) is 2.34. The first-order valence-electron chi connectivity index (χ1n) is 4.06. The van der Waals surface area contributed by atoms with Crippen molar-refractivity contribution in [2.75, 3.05) is 13.2 Å². The van der Waals surface area contributed by atoms with Crippen molar-refractivity contribution in [3.05, 3.63) is 40.9 Å². The van der Waals surface area contributed by atoms with Gasteiger partial charge in [-0.15, -0.1) is 0 Å². The van der Waals surface area contributed by atoms with Crippen LogP contribution in [0.4, 0.5) is 0 Å². The molecule has 0 saturated carbocycles. The minimum Gasteiger partial charge on any atom is -0.490 e. The van der Waals surface area contributed by atoms with Crippen molar-refractivity contribution >= 4 is 15.9 Å². The number of halogens is 1. The van der Waals surface area contributed by atoms with E-state index in [0.717, 1.165) is 10.2 Å². The Kier molecular flexibility index (Phi) is 4.57. The van der Waals surface area contributed by atoms with Crippen LogP contribution in [0.25, 0.3) is 0 Å². The molecule has 0 aliphatic rings. The van der Waals surface area contributed by atoms with Crippen molar-refractivity contribution in [1.29, 1.82) is 0 Å². The third-order valence-electron chi connectivity index (χ3n) is 1.45. The monoisotopic (exact) mass is 241 g/mol. The maximum atomic E-state index is 5.42. The van der Waals surface area contributed by atoms with E-state index >= 15 is 0 Å². The first-order chi connectivity index (χ1) is 6.33. The van der Waals surface area contributed by atoms with Crippen LogP contribution in [0.1, 0.15) is 0 Å². The van der Waals surface area contributed by atoms with E-state index in [2.05, 4.69) is 15.9 Å². The maximum Gasteiger partial charge on any atom is 0.120 e. The number of hydrogen-bond acceptors (Lipinski definition) is 2. The van der Waals surface area contributed by atoms with Crippen LogP contribution in [0.5, 0.6) is 5.75 Å². The third kappa shape index (κ3) is 4.10. The molecule has 0 bridgehead atoms. The van der Waals surface area contributed by atoms with E-state index in [9.17, 15) is 0 Å². The zero-order valence-electron chi connectivity index (χ0n) is 7.24. The highest BCUT2D eigenvalue weighted by Gasteiger charge is 1.91. The Hall–Kier alpha value is -0.800. The summed E-state index contributed by atoms with van der Waals surface area (Å²) in [6, 6.07) is 7.74. The van der Waals surface area contributed by atoms with Crippen LogP contribution in [-0.4, -0.2) is 13.2 Å². The number of hydrogen-bond donors (Lipinski definition) is 1. The molecule has 0 saturated heterocycles. The van der Waals surface area contributed by atoms with E-state index in [-0.39, 0.29) is 0 Å². The van der Waals surface area contributed by atoms with E-state index in [1.165, 1.54) is 0 Å². The lowest BCUT2D eigenvalue weighted by Gasteiger charge is -2.02. The summed E-state index contributed by atoms with van der Waals surface area (Å²) in [6.07, 6.45) is 3.78. The molecule has 0 aliphatic heterocycles. The second kappa shape index (κ2) is 5.78. The molecule has 2 nitrogen and oxygen atoms in total. The van der Waals surface area contributed by atoms with Gasteiger partial charge in [-0.25, -0.2) is 0 Å². The smallest absolute Gasteiger partial charge is 0.120 e. The summed E-state index contributed by atoms with van der Waals surface area (Å²) in [4.78, 5) is 0. The second-order valence-corrected chi connectivity index (χ2v) is 3.39. The lowest BCUT2D eigenvalue weighted by Crippen LogP contribution is -1.96. The maximum absolute atomic E-state index is 5.42. The molecule has 70 valence electrons. The highest BCUT2D eigenvalue weighted by atomic mass is 79.9. The van der Waals surface area contributed by atoms with Gasteiger partial charge in [0.25, 0.3) is 0 Å². The van der Waals surface area contributed by atoms with Gasteiger partial charge in [0, 0.05) is 11.0 Å². The standard InChI is InChI=1S/C10H12BrNO/c11-9-4-3-5-10(8-9)13-7-2-1-6-12/h1-5,8H,6-7,12H2/b2-1+. The Morgan fingerprint density at radius 1 is 1.38 bits per heavy atom. The van der Waals surface area contributed by atoms with Gasteiger partial charge in [-0.05, 0) is 18.2 Å². The Morgan fingerprint density at radius 3 is 2.92 bits per heavy atom. The molecule has 0 amide bonds. The van der Waals surface area contributed by atoms with Gasteiger partial charge in [-0.1, -0.05) is 34.1 Å². The lowest BCUT2D eigenvalue weighted by atomic mass is 10.3. The van der Waals surface area contributed by atoms with Gasteiger partial charge in [0.1, 0.15) is 12.4 Å². The molecule has 0 atom stereocenters. The summed E-state index contributed by atoms with van der Waals surface area (Å²) in [7, 11) is 0. The SMILES string of the molecule is NC/C=C/COc1cccc(Br)c1. The Bertz CT molecular complexity index is 286. The summed E-state index contributed by atoms with van der Waals surface area (Å²) in [5.41, 5.74) is 5.28. The second-order valence-electron chi connectivity index (χ2n) is 2.48. The van der Waals surface area contributed by atoms with Gasteiger partial charge >= 0.3 is 0 Å². The van der Waals surface area contributed by atoms with Crippen LogP contribution in [0.3, 0.4) is 0 Å². The average Bonchev–Trinajstić information content (AvgIpc) is 2.13. The molecule has 0 spiro atoms. The molecule has 13 heavy (non-hydrogen) atoms. The minimum absolute atomic E-state index is 0.557. The molecule has 1 rings (SSSR count). The van der Waals surface area contributed by atoms with Crippen LogP contribution in [0.2, 0.25) is 0 Å². The Labute approximate surface area is 86.5 Å². The first kappa shape index (κ1) is 10.3. The molecule has 0 unspecified atom stereocenters. The quantitative estimate of drug-likeness (QED) is 0.822. The molecule has 0 fully saturated rings. The van der Waals surface area contributed by atoms with Crippen molar-refractivity contribution in [3.63, 3.8) is 0 Å². The fraction of sp³-hybridized carbons (Fsp3) is 0.200. The van der Waals surface area contributed by atoms with Crippen LogP contribution >= 0.6 is 15.9 Å². The summed E-state index contributed by atoms with van der Waals surface area (Å²) < 4.78 is 6.44. The Morgan fingerprint density at radius 2 is 2.23 bits per heavy atom. The van der Waals surface area contributed by atoms with Crippen LogP contribution in [0.15, 0.2) is 40.9 Å². The van der Waals surface area contributed by atoms with Gasteiger partial charge in [0.05, 0.1) is 0 Å². The molecular formula is C10H12BrNO. The van der Waals surface area contributed by atoms with E-state index in [0.29, 0.717) is 13.2 Å². The van der Waals surface area contributed by atoms with Gasteiger partial charge in [-0.2, -0.15) is 0 Å². The predicted molar refractivity (Wildman–Crippen MR) is 57.8 cm³/mol. The molecule has 0 aromatic heterocycles. The number of benzene rings is 1. The first-order valence-corrected chi connectivity index (χ1v) is 4.85. The molecule has 0 aliphatic carbocycles. The van der Waals surface area contributed by atoms with Crippen molar-refractivity contribution in [2.45, 2.75) is 0 Å². The van der Waals surface area contributed by atoms with Crippen LogP contribution in [-0.2, 0) is 0 Å². The highest BCUT2D eigenvalue weighted by Crippen LogP contribution is 2.17. The van der Waals surface area contributed by atoms with Gasteiger partial charge < -0.3 is 10.5 Å². The zero-order chi connectivity index (χ0) is 9.52. The molecular weight excluding hydrogens is 230 g/mol. The topological polar surface area (TPSA) is 35.2 Å². The summed E-state index contributed by atoms with van der Waals surface area (Å²) >= 11 is 3.37. The van der Waals surface area contributed by atoms with Gasteiger partial charge in [0.2, 0.25) is 0 Å². The fourth-order valence-corrected chi connectivity index (χ4v) is 1.24. The molecule has 1 aromatic rings. The average molecular weight is 242 g/mol. The molecule has 3 heteroatoms. The van der Waals surface area contributed by atoms with Gasteiger partial charge in [0.15, 0.2) is 0 Å².